The number of alkyl halides is 1. The average Bonchev–Trinajstić information content (AvgIpc) is 2.47. The number of rotatable bonds is 4. The lowest BCUT2D eigenvalue weighted by molar-refractivity contribution is -0.104. The van der Waals surface area contributed by atoms with Gasteiger partial charge in [-0.15, -0.1) is 0 Å². The van der Waals surface area contributed by atoms with E-state index >= 15 is 4.39 Å². The number of ketones is 1. The number of halogens is 1. The largest absolute Gasteiger partial charge is 0.358 e. The van der Waals surface area contributed by atoms with Crippen LogP contribution in [0.15, 0.2) is 53.6 Å². The van der Waals surface area contributed by atoms with Crippen molar-refractivity contribution in [2.45, 2.75) is 26.6 Å². The molecule has 1 N–H and O–H groups in total. The lowest BCUT2D eigenvalue weighted by atomic mass is 9.72. The molecule has 0 radical (unpaired) electrons. The van der Waals surface area contributed by atoms with Gasteiger partial charge in [-0.25, -0.2) is 4.39 Å². The molecular weight excluding hydrogens is 305 g/mol. The van der Waals surface area contributed by atoms with Crippen LogP contribution in [0.2, 0.25) is 0 Å². The SMILES string of the molecule is CN(C)CC1C=C(C(=O)c2ccccc2)C=C(C(C)(C)C)C1(O)F. The molecule has 2 rings (SSSR count). The van der Waals surface area contributed by atoms with Crippen LogP contribution in [0.1, 0.15) is 31.1 Å². The van der Waals surface area contributed by atoms with Crippen molar-refractivity contribution in [1.29, 1.82) is 0 Å². The first-order chi connectivity index (χ1) is 11.0. The van der Waals surface area contributed by atoms with Crippen molar-refractivity contribution in [2.75, 3.05) is 20.6 Å². The molecule has 1 aliphatic rings. The molecule has 0 saturated carbocycles. The van der Waals surface area contributed by atoms with E-state index in [1.54, 1.807) is 30.3 Å². The van der Waals surface area contributed by atoms with Crippen LogP contribution in [-0.4, -0.2) is 42.3 Å². The summed E-state index contributed by atoms with van der Waals surface area (Å²) in [6, 6.07) is 8.93. The Morgan fingerprint density at radius 2 is 1.83 bits per heavy atom. The summed E-state index contributed by atoms with van der Waals surface area (Å²) in [4.78, 5) is 14.6. The van der Waals surface area contributed by atoms with Crippen molar-refractivity contribution in [3.63, 3.8) is 0 Å². The molecule has 1 aromatic rings. The fourth-order valence-electron chi connectivity index (χ4n) is 3.04. The Hall–Kier alpha value is -1.78. The number of nitrogens with zero attached hydrogens (tertiary/aromatic N) is 1. The summed E-state index contributed by atoms with van der Waals surface area (Å²) in [5.41, 5.74) is 0.634. The van der Waals surface area contributed by atoms with Crippen molar-refractivity contribution < 1.29 is 14.3 Å². The van der Waals surface area contributed by atoms with Crippen molar-refractivity contribution in [3.05, 3.63) is 59.2 Å². The molecule has 1 aromatic carbocycles. The molecule has 0 spiro atoms. The molecule has 0 aromatic heterocycles. The summed E-state index contributed by atoms with van der Waals surface area (Å²) in [7, 11) is 3.63. The van der Waals surface area contributed by atoms with Gasteiger partial charge in [0.2, 0.25) is 5.85 Å². The molecule has 3 nitrogen and oxygen atoms in total. The lowest BCUT2D eigenvalue weighted by Gasteiger charge is -2.40. The zero-order valence-corrected chi connectivity index (χ0v) is 15.0. The van der Waals surface area contributed by atoms with Crippen LogP contribution in [0.4, 0.5) is 4.39 Å². The summed E-state index contributed by atoms with van der Waals surface area (Å²) < 4.78 is 15.2. The molecule has 130 valence electrons. The van der Waals surface area contributed by atoms with Gasteiger partial charge < -0.3 is 10.0 Å². The zero-order valence-electron chi connectivity index (χ0n) is 15.0. The van der Waals surface area contributed by atoms with Crippen LogP contribution in [0, 0.1) is 11.3 Å². The Morgan fingerprint density at radius 1 is 1.25 bits per heavy atom. The van der Waals surface area contributed by atoms with Gasteiger partial charge in [-0.1, -0.05) is 57.2 Å². The Labute approximate surface area is 143 Å². The Balaban J connectivity index is 2.51. The van der Waals surface area contributed by atoms with Gasteiger partial charge in [0, 0.05) is 23.3 Å². The molecule has 4 heteroatoms. The number of hydrogen-bond acceptors (Lipinski definition) is 3. The number of hydrogen-bond donors (Lipinski definition) is 1. The highest BCUT2D eigenvalue weighted by atomic mass is 19.2. The van der Waals surface area contributed by atoms with Crippen LogP contribution in [0.3, 0.4) is 0 Å². The third-order valence-corrected chi connectivity index (χ3v) is 4.22. The fourth-order valence-corrected chi connectivity index (χ4v) is 3.04. The third kappa shape index (κ3) is 3.82. The van der Waals surface area contributed by atoms with E-state index in [-0.39, 0.29) is 11.4 Å². The lowest BCUT2D eigenvalue weighted by Crippen LogP contribution is -2.45. The number of benzene rings is 1. The third-order valence-electron chi connectivity index (χ3n) is 4.22. The number of Topliss-reactive ketones (excluding diaryl/α,β-unsaturated/α-hetero) is 1. The van der Waals surface area contributed by atoms with Crippen molar-refractivity contribution in [1.82, 2.24) is 4.90 Å². The van der Waals surface area contributed by atoms with Gasteiger partial charge in [-0.2, -0.15) is 0 Å². The monoisotopic (exact) mass is 331 g/mol. The second-order valence-corrected chi connectivity index (χ2v) is 7.67. The van der Waals surface area contributed by atoms with Crippen LogP contribution in [0.5, 0.6) is 0 Å². The molecule has 0 amide bonds. The summed E-state index contributed by atoms with van der Waals surface area (Å²) in [6.07, 6.45) is 3.08. The van der Waals surface area contributed by atoms with E-state index < -0.39 is 17.2 Å². The summed E-state index contributed by atoms with van der Waals surface area (Å²) in [5, 5.41) is 10.5. The molecule has 0 fully saturated rings. The van der Waals surface area contributed by atoms with E-state index in [9.17, 15) is 9.90 Å². The average molecular weight is 331 g/mol. The smallest absolute Gasteiger partial charge is 0.237 e. The normalized spacial score (nSPS) is 24.6. The van der Waals surface area contributed by atoms with Crippen LogP contribution in [-0.2, 0) is 0 Å². The molecule has 0 aliphatic heterocycles. The molecule has 0 bridgehead atoms. The maximum absolute atomic E-state index is 15.2. The maximum Gasteiger partial charge on any atom is 0.237 e. The predicted octanol–water partition coefficient (Wildman–Crippen LogP) is 3.62. The van der Waals surface area contributed by atoms with E-state index in [0.717, 1.165) is 0 Å². The van der Waals surface area contributed by atoms with E-state index in [2.05, 4.69) is 0 Å². The van der Waals surface area contributed by atoms with Crippen LogP contribution in [0.25, 0.3) is 0 Å². The van der Waals surface area contributed by atoms with Gasteiger partial charge in [0.25, 0.3) is 0 Å². The van der Waals surface area contributed by atoms with Crippen LogP contribution < -0.4 is 0 Å². The van der Waals surface area contributed by atoms with E-state index in [0.29, 0.717) is 17.7 Å². The Morgan fingerprint density at radius 3 is 2.33 bits per heavy atom. The Bertz CT molecular complexity index is 667. The standard InChI is InChI=1S/C20H26FNO2/c1-19(2,3)17-12-15(18(23)14-9-7-6-8-10-14)11-16(13-22(4)5)20(17,21)24/h6-12,16,24H,13H2,1-5H3. The second-order valence-electron chi connectivity index (χ2n) is 7.67. The Kier molecular flexibility index (Phi) is 5.11. The fraction of sp³-hybridized carbons (Fsp3) is 0.450. The highest BCUT2D eigenvalue weighted by molar-refractivity contribution is 6.10. The van der Waals surface area contributed by atoms with Gasteiger partial charge in [0.15, 0.2) is 5.78 Å². The molecule has 0 saturated heterocycles. The molecule has 0 heterocycles. The van der Waals surface area contributed by atoms with Gasteiger partial charge in [0.1, 0.15) is 0 Å². The van der Waals surface area contributed by atoms with E-state index in [1.807, 2.05) is 45.8 Å². The first-order valence-corrected chi connectivity index (χ1v) is 8.13. The number of allylic oxidation sites excluding steroid dienone is 2. The molecule has 1 aliphatic carbocycles. The number of carbonyl (C=O) groups excluding carboxylic acids is 1. The first-order valence-electron chi connectivity index (χ1n) is 8.13. The minimum Gasteiger partial charge on any atom is -0.358 e. The zero-order chi connectivity index (χ0) is 18.1. The maximum atomic E-state index is 15.2. The number of carbonyl (C=O) groups is 1. The number of aliphatic hydroxyl groups is 1. The first kappa shape index (κ1) is 18.6. The van der Waals surface area contributed by atoms with Gasteiger partial charge >= 0.3 is 0 Å². The molecule has 2 unspecified atom stereocenters. The minimum absolute atomic E-state index is 0.156. The van der Waals surface area contributed by atoms with E-state index in [4.69, 9.17) is 0 Å². The quantitative estimate of drug-likeness (QED) is 0.857. The van der Waals surface area contributed by atoms with Gasteiger partial charge in [-0.05, 0) is 25.6 Å². The van der Waals surface area contributed by atoms with Crippen molar-refractivity contribution >= 4 is 5.78 Å². The topological polar surface area (TPSA) is 40.5 Å². The summed E-state index contributed by atoms with van der Waals surface area (Å²) in [6.45, 7) is 5.83. The van der Waals surface area contributed by atoms with Crippen molar-refractivity contribution in [3.8, 4) is 0 Å². The molecular formula is C20H26FNO2. The van der Waals surface area contributed by atoms with Gasteiger partial charge in [0.05, 0.1) is 5.92 Å². The molecule has 24 heavy (non-hydrogen) atoms. The predicted molar refractivity (Wildman–Crippen MR) is 94.5 cm³/mol. The highest BCUT2D eigenvalue weighted by Gasteiger charge is 2.47. The van der Waals surface area contributed by atoms with E-state index in [1.165, 1.54) is 6.08 Å². The minimum atomic E-state index is -2.47. The van der Waals surface area contributed by atoms with Crippen molar-refractivity contribution in [2.24, 2.45) is 11.3 Å². The summed E-state index contributed by atoms with van der Waals surface area (Å²) >= 11 is 0. The van der Waals surface area contributed by atoms with Gasteiger partial charge in [-0.3, -0.25) is 4.79 Å². The molecule has 2 atom stereocenters. The van der Waals surface area contributed by atoms with Crippen LogP contribution >= 0.6 is 0 Å². The second kappa shape index (κ2) is 6.61. The highest BCUT2D eigenvalue weighted by Crippen LogP contribution is 2.44. The summed E-state index contributed by atoms with van der Waals surface area (Å²) in [5.74, 6) is -3.42.